The average Bonchev–Trinajstić information content (AvgIpc) is 1.98. The van der Waals surface area contributed by atoms with Gasteiger partial charge in [0.2, 0.25) is 0 Å². The van der Waals surface area contributed by atoms with E-state index < -0.39 is 0 Å². The Morgan fingerprint density at radius 1 is 1.90 bits per heavy atom. The Morgan fingerprint density at radius 3 is 2.90 bits per heavy atom. The summed E-state index contributed by atoms with van der Waals surface area (Å²) >= 11 is 0. The van der Waals surface area contributed by atoms with Gasteiger partial charge >= 0.3 is 5.97 Å². The van der Waals surface area contributed by atoms with Crippen LogP contribution in [0.1, 0.15) is 6.92 Å². The van der Waals surface area contributed by atoms with Crippen molar-refractivity contribution < 1.29 is 9.53 Å². The summed E-state index contributed by atoms with van der Waals surface area (Å²) in [5.41, 5.74) is 0. The molecule has 0 amide bonds. The highest BCUT2D eigenvalue weighted by Crippen LogP contribution is 1.83. The molecule has 58 valence electrons. The molecule has 0 saturated carbocycles. The highest BCUT2D eigenvalue weighted by Gasteiger charge is 2.09. The Bertz CT molecular complexity index is 123. The van der Waals surface area contributed by atoms with Gasteiger partial charge in [-0.05, 0) is 6.92 Å². The molecule has 0 bridgehead atoms. The average molecular weight is 143 g/mol. The fourth-order valence-electron chi connectivity index (χ4n) is 0.520. The Kier molecular flexibility index (Phi) is 4.58. The van der Waals surface area contributed by atoms with Gasteiger partial charge in [0.25, 0.3) is 0 Å². The molecule has 0 aliphatic rings. The molecule has 0 aliphatic carbocycles. The number of ether oxygens (including phenoxy) is 1. The van der Waals surface area contributed by atoms with Gasteiger partial charge in [-0.25, -0.2) is 0 Å². The van der Waals surface area contributed by atoms with Gasteiger partial charge in [-0.3, -0.25) is 4.79 Å². The lowest BCUT2D eigenvalue weighted by atomic mass is 10.3. The van der Waals surface area contributed by atoms with Gasteiger partial charge in [0, 0.05) is 6.54 Å². The van der Waals surface area contributed by atoms with E-state index in [1.807, 2.05) is 0 Å². The number of hydrogen-bond donors (Lipinski definition) is 1. The van der Waals surface area contributed by atoms with Crippen molar-refractivity contribution >= 4 is 5.97 Å². The SMILES string of the molecule is C=CCNC(C)C(=O)OC. The Balaban J connectivity index is 3.50. The number of carbonyl (C=O) groups excluding carboxylic acids is 1. The van der Waals surface area contributed by atoms with E-state index in [4.69, 9.17) is 0 Å². The lowest BCUT2D eigenvalue weighted by molar-refractivity contribution is -0.142. The van der Waals surface area contributed by atoms with Crippen molar-refractivity contribution in [1.82, 2.24) is 5.32 Å². The maximum atomic E-state index is 10.7. The fourth-order valence-corrected chi connectivity index (χ4v) is 0.520. The molecule has 0 aliphatic heterocycles. The van der Waals surface area contributed by atoms with Crippen LogP contribution in [0.4, 0.5) is 0 Å². The Morgan fingerprint density at radius 2 is 2.50 bits per heavy atom. The standard InChI is InChI=1S/C7H13NO2/c1-4-5-8-6(2)7(9)10-3/h4,6,8H,1,5H2,2-3H3. The van der Waals surface area contributed by atoms with Crippen LogP contribution in [0.15, 0.2) is 12.7 Å². The first-order valence-electron chi connectivity index (χ1n) is 3.14. The summed E-state index contributed by atoms with van der Waals surface area (Å²) in [5.74, 6) is -0.248. The van der Waals surface area contributed by atoms with E-state index in [2.05, 4.69) is 16.6 Å². The van der Waals surface area contributed by atoms with E-state index in [0.29, 0.717) is 6.54 Å². The first-order valence-corrected chi connectivity index (χ1v) is 3.14. The minimum atomic E-state index is -0.248. The fraction of sp³-hybridized carbons (Fsp3) is 0.571. The van der Waals surface area contributed by atoms with E-state index in [1.54, 1.807) is 13.0 Å². The number of hydrogen-bond acceptors (Lipinski definition) is 3. The zero-order chi connectivity index (χ0) is 7.98. The Labute approximate surface area is 61.1 Å². The van der Waals surface area contributed by atoms with Gasteiger partial charge < -0.3 is 10.1 Å². The highest BCUT2D eigenvalue weighted by atomic mass is 16.5. The van der Waals surface area contributed by atoms with Crippen LogP contribution < -0.4 is 5.32 Å². The van der Waals surface area contributed by atoms with E-state index in [1.165, 1.54) is 7.11 Å². The third-order valence-corrected chi connectivity index (χ3v) is 1.12. The minimum Gasteiger partial charge on any atom is -0.468 e. The zero-order valence-corrected chi connectivity index (χ0v) is 6.39. The summed E-state index contributed by atoms with van der Waals surface area (Å²) in [6.07, 6.45) is 1.69. The first-order chi connectivity index (χ1) is 4.72. The molecule has 1 unspecified atom stereocenters. The summed E-state index contributed by atoms with van der Waals surface area (Å²) in [4.78, 5) is 10.7. The summed E-state index contributed by atoms with van der Waals surface area (Å²) in [6.45, 7) is 5.87. The molecular formula is C7H13NO2. The van der Waals surface area contributed by atoms with Gasteiger partial charge in [-0.1, -0.05) is 6.08 Å². The quantitative estimate of drug-likeness (QED) is 0.455. The van der Waals surface area contributed by atoms with Crippen LogP contribution in [0, 0.1) is 0 Å². The molecule has 0 spiro atoms. The van der Waals surface area contributed by atoms with Gasteiger partial charge in [0.15, 0.2) is 0 Å². The van der Waals surface area contributed by atoms with Crippen molar-refractivity contribution in [2.45, 2.75) is 13.0 Å². The van der Waals surface area contributed by atoms with Crippen molar-refractivity contribution in [3.8, 4) is 0 Å². The maximum absolute atomic E-state index is 10.7. The van der Waals surface area contributed by atoms with Crippen molar-refractivity contribution in [2.75, 3.05) is 13.7 Å². The second kappa shape index (κ2) is 4.99. The predicted octanol–water partition coefficient (Wildman–Crippen LogP) is 0.323. The summed E-state index contributed by atoms with van der Waals surface area (Å²) in [7, 11) is 1.37. The molecule has 0 radical (unpaired) electrons. The zero-order valence-electron chi connectivity index (χ0n) is 6.39. The predicted molar refractivity (Wildman–Crippen MR) is 39.7 cm³/mol. The molecule has 0 aromatic heterocycles. The third kappa shape index (κ3) is 3.25. The first kappa shape index (κ1) is 9.17. The minimum absolute atomic E-state index is 0.247. The van der Waals surface area contributed by atoms with Gasteiger partial charge in [-0.2, -0.15) is 0 Å². The molecule has 1 atom stereocenters. The Hall–Kier alpha value is -0.830. The maximum Gasteiger partial charge on any atom is 0.322 e. The third-order valence-electron chi connectivity index (χ3n) is 1.12. The summed E-state index contributed by atoms with van der Waals surface area (Å²) in [6, 6.07) is -0.247. The number of carbonyl (C=O) groups is 1. The van der Waals surface area contributed by atoms with Crippen molar-refractivity contribution in [2.24, 2.45) is 0 Å². The molecule has 0 fully saturated rings. The van der Waals surface area contributed by atoms with E-state index in [-0.39, 0.29) is 12.0 Å². The molecule has 3 nitrogen and oxygen atoms in total. The van der Waals surface area contributed by atoms with Gasteiger partial charge in [0.05, 0.1) is 7.11 Å². The number of nitrogens with one attached hydrogen (secondary N) is 1. The molecule has 0 saturated heterocycles. The molecule has 0 aromatic carbocycles. The monoisotopic (exact) mass is 143 g/mol. The molecule has 10 heavy (non-hydrogen) atoms. The van der Waals surface area contributed by atoms with Crippen molar-refractivity contribution in [1.29, 1.82) is 0 Å². The molecule has 1 N–H and O–H groups in total. The number of rotatable bonds is 4. The lowest BCUT2D eigenvalue weighted by Gasteiger charge is -2.08. The second-order valence-corrected chi connectivity index (χ2v) is 1.94. The van der Waals surface area contributed by atoms with Crippen LogP contribution in [0.5, 0.6) is 0 Å². The van der Waals surface area contributed by atoms with Crippen molar-refractivity contribution in [3.63, 3.8) is 0 Å². The van der Waals surface area contributed by atoms with Crippen LogP contribution in [0.3, 0.4) is 0 Å². The van der Waals surface area contributed by atoms with E-state index in [0.717, 1.165) is 0 Å². The normalized spacial score (nSPS) is 12.2. The lowest BCUT2D eigenvalue weighted by Crippen LogP contribution is -2.34. The van der Waals surface area contributed by atoms with Crippen molar-refractivity contribution in [3.05, 3.63) is 12.7 Å². The van der Waals surface area contributed by atoms with Gasteiger partial charge in [-0.15, -0.1) is 6.58 Å². The largest absolute Gasteiger partial charge is 0.468 e. The summed E-state index contributed by atoms with van der Waals surface area (Å²) < 4.78 is 4.47. The molecule has 0 aromatic rings. The number of esters is 1. The molecule has 0 heterocycles. The van der Waals surface area contributed by atoms with E-state index in [9.17, 15) is 4.79 Å². The molecule has 0 rings (SSSR count). The second-order valence-electron chi connectivity index (χ2n) is 1.94. The summed E-state index contributed by atoms with van der Waals surface area (Å²) in [5, 5.41) is 2.89. The van der Waals surface area contributed by atoms with Gasteiger partial charge in [0.1, 0.15) is 6.04 Å². The van der Waals surface area contributed by atoms with Crippen LogP contribution in [0.25, 0.3) is 0 Å². The topological polar surface area (TPSA) is 38.3 Å². The number of methoxy groups -OCH3 is 1. The van der Waals surface area contributed by atoms with Crippen LogP contribution in [-0.2, 0) is 9.53 Å². The van der Waals surface area contributed by atoms with Crippen LogP contribution in [-0.4, -0.2) is 25.7 Å². The van der Waals surface area contributed by atoms with E-state index >= 15 is 0 Å². The van der Waals surface area contributed by atoms with Crippen LogP contribution >= 0.6 is 0 Å². The smallest absolute Gasteiger partial charge is 0.322 e. The molecule has 3 heteroatoms. The highest BCUT2D eigenvalue weighted by molar-refractivity contribution is 5.75. The van der Waals surface area contributed by atoms with Crippen LogP contribution in [0.2, 0.25) is 0 Å². The molecular weight excluding hydrogens is 130 g/mol.